The second-order valence-corrected chi connectivity index (χ2v) is 5.01. The monoisotopic (exact) mass is 271 g/mol. The molecule has 7 heteroatoms. The van der Waals surface area contributed by atoms with Gasteiger partial charge in [0, 0.05) is 26.7 Å². The number of likely N-dealkylation sites (N-methyl/N-ethyl adjacent to an activating group) is 2. The molecule has 1 saturated heterocycles. The highest BCUT2D eigenvalue weighted by Gasteiger charge is 2.43. The van der Waals surface area contributed by atoms with Crippen LogP contribution in [0.25, 0.3) is 0 Å². The van der Waals surface area contributed by atoms with Gasteiger partial charge >= 0.3 is 12.0 Å². The molecule has 0 radical (unpaired) electrons. The molecule has 0 spiro atoms. The van der Waals surface area contributed by atoms with Crippen LogP contribution >= 0.6 is 0 Å². The SMILES string of the molecule is CCN(CC(=O)NC)C(=O)N1CCC(C)(C(=O)O)C1. The molecule has 7 nitrogen and oxygen atoms in total. The largest absolute Gasteiger partial charge is 0.481 e. The Morgan fingerprint density at radius 1 is 1.42 bits per heavy atom. The average molecular weight is 271 g/mol. The van der Waals surface area contributed by atoms with E-state index in [2.05, 4.69) is 5.32 Å². The summed E-state index contributed by atoms with van der Waals surface area (Å²) in [5, 5.41) is 11.6. The molecule has 0 aromatic carbocycles. The summed E-state index contributed by atoms with van der Waals surface area (Å²) in [4.78, 5) is 37.6. The van der Waals surface area contributed by atoms with E-state index in [0.717, 1.165) is 0 Å². The zero-order valence-corrected chi connectivity index (χ0v) is 11.6. The number of hydrogen-bond donors (Lipinski definition) is 2. The molecule has 19 heavy (non-hydrogen) atoms. The molecule has 1 aliphatic rings. The molecule has 1 unspecified atom stereocenters. The maximum absolute atomic E-state index is 12.2. The standard InChI is InChI=1S/C12H21N3O4/c1-4-14(7-9(16)13-3)11(19)15-6-5-12(2,8-15)10(17)18/h4-8H2,1-3H3,(H,13,16)(H,17,18). The summed E-state index contributed by atoms with van der Waals surface area (Å²) in [5.41, 5.74) is -0.887. The summed E-state index contributed by atoms with van der Waals surface area (Å²) in [7, 11) is 1.51. The molecular weight excluding hydrogens is 250 g/mol. The second-order valence-electron chi connectivity index (χ2n) is 5.01. The quantitative estimate of drug-likeness (QED) is 0.751. The lowest BCUT2D eigenvalue weighted by Crippen LogP contribution is -2.47. The van der Waals surface area contributed by atoms with Gasteiger partial charge in [-0.1, -0.05) is 0 Å². The van der Waals surface area contributed by atoms with Gasteiger partial charge in [0.2, 0.25) is 5.91 Å². The highest BCUT2D eigenvalue weighted by molar-refractivity contribution is 5.85. The van der Waals surface area contributed by atoms with Crippen LogP contribution in [0.4, 0.5) is 4.79 Å². The summed E-state index contributed by atoms with van der Waals surface area (Å²) < 4.78 is 0. The van der Waals surface area contributed by atoms with Gasteiger partial charge in [-0.15, -0.1) is 0 Å². The Bertz CT molecular complexity index is 385. The minimum Gasteiger partial charge on any atom is -0.481 e. The van der Waals surface area contributed by atoms with E-state index in [1.807, 2.05) is 0 Å². The fourth-order valence-electron chi connectivity index (χ4n) is 2.07. The van der Waals surface area contributed by atoms with E-state index < -0.39 is 11.4 Å². The van der Waals surface area contributed by atoms with Crippen LogP contribution in [0.2, 0.25) is 0 Å². The van der Waals surface area contributed by atoms with Gasteiger partial charge in [-0.25, -0.2) is 4.79 Å². The topological polar surface area (TPSA) is 90.0 Å². The van der Waals surface area contributed by atoms with Crippen molar-refractivity contribution >= 4 is 17.9 Å². The number of nitrogens with zero attached hydrogens (tertiary/aromatic N) is 2. The van der Waals surface area contributed by atoms with Crippen molar-refractivity contribution in [2.45, 2.75) is 20.3 Å². The van der Waals surface area contributed by atoms with E-state index in [0.29, 0.717) is 19.5 Å². The third kappa shape index (κ3) is 3.36. The van der Waals surface area contributed by atoms with Crippen LogP contribution in [0.1, 0.15) is 20.3 Å². The zero-order chi connectivity index (χ0) is 14.6. The highest BCUT2D eigenvalue weighted by Crippen LogP contribution is 2.30. The first kappa shape index (κ1) is 15.3. The Morgan fingerprint density at radius 2 is 2.05 bits per heavy atom. The number of carboxylic acids is 1. The van der Waals surface area contributed by atoms with Crippen LogP contribution in [-0.2, 0) is 9.59 Å². The van der Waals surface area contributed by atoms with E-state index in [1.54, 1.807) is 13.8 Å². The molecule has 3 amide bonds. The number of carbonyl (C=O) groups excluding carboxylic acids is 2. The summed E-state index contributed by atoms with van der Waals surface area (Å²) in [6, 6.07) is -0.281. The number of amides is 3. The van der Waals surface area contributed by atoms with Crippen molar-refractivity contribution in [2.75, 3.05) is 33.2 Å². The Kier molecular flexibility index (Phi) is 4.74. The van der Waals surface area contributed by atoms with Crippen LogP contribution < -0.4 is 5.32 Å². The third-order valence-corrected chi connectivity index (χ3v) is 3.53. The van der Waals surface area contributed by atoms with Gasteiger partial charge in [-0.2, -0.15) is 0 Å². The Balaban J connectivity index is 2.68. The molecule has 0 bridgehead atoms. The Labute approximate surface area is 112 Å². The lowest BCUT2D eigenvalue weighted by atomic mass is 9.90. The van der Waals surface area contributed by atoms with Crippen LogP contribution in [0.15, 0.2) is 0 Å². The molecule has 1 heterocycles. The molecule has 0 aromatic rings. The number of carboxylic acid groups (broad SMARTS) is 1. The molecule has 1 fully saturated rings. The molecule has 2 N–H and O–H groups in total. The predicted molar refractivity (Wildman–Crippen MR) is 68.6 cm³/mol. The van der Waals surface area contributed by atoms with Crippen molar-refractivity contribution in [3.8, 4) is 0 Å². The van der Waals surface area contributed by atoms with Gasteiger partial charge in [-0.3, -0.25) is 9.59 Å². The average Bonchev–Trinajstić information content (AvgIpc) is 2.79. The van der Waals surface area contributed by atoms with E-state index in [1.165, 1.54) is 16.8 Å². The fourth-order valence-corrected chi connectivity index (χ4v) is 2.07. The normalized spacial score (nSPS) is 22.2. The van der Waals surface area contributed by atoms with Crippen molar-refractivity contribution in [1.29, 1.82) is 0 Å². The zero-order valence-electron chi connectivity index (χ0n) is 11.6. The highest BCUT2D eigenvalue weighted by atomic mass is 16.4. The Hall–Kier alpha value is -1.79. The summed E-state index contributed by atoms with van der Waals surface area (Å²) in [6.07, 6.45) is 0.436. The maximum atomic E-state index is 12.2. The molecule has 108 valence electrons. The van der Waals surface area contributed by atoms with Crippen molar-refractivity contribution < 1.29 is 19.5 Å². The fraction of sp³-hybridized carbons (Fsp3) is 0.750. The number of hydrogen-bond acceptors (Lipinski definition) is 3. The van der Waals surface area contributed by atoms with Gasteiger partial charge in [0.25, 0.3) is 0 Å². The minimum absolute atomic E-state index is 0.00782. The number of likely N-dealkylation sites (tertiary alicyclic amines) is 1. The van der Waals surface area contributed by atoms with E-state index in [9.17, 15) is 14.4 Å². The molecule has 0 aliphatic carbocycles. The predicted octanol–water partition coefficient (Wildman–Crippen LogP) is -0.0291. The van der Waals surface area contributed by atoms with E-state index >= 15 is 0 Å². The van der Waals surface area contributed by atoms with Crippen LogP contribution in [0, 0.1) is 5.41 Å². The van der Waals surface area contributed by atoms with E-state index in [-0.39, 0.29) is 25.0 Å². The lowest BCUT2D eigenvalue weighted by Gasteiger charge is -2.27. The molecular formula is C12H21N3O4. The molecule has 1 atom stereocenters. The summed E-state index contributed by atoms with van der Waals surface area (Å²) in [6.45, 7) is 4.42. The van der Waals surface area contributed by atoms with Gasteiger partial charge in [0.1, 0.15) is 6.54 Å². The van der Waals surface area contributed by atoms with Crippen LogP contribution in [0.3, 0.4) is 0 Å². The lowest BCUT2D eigenvalue weighted by molar-refractivity contribution is -0.147. The molecule has 1 aliphatic heterocycles. The molecule has 0 saturated carbocycles. The second kappa shape index (κ2) is 5.90. The number of rotatable bonds is 4. The maximum Gasteiger partial charge on any atom is 0.320 e. The van der Waals surface area contributed by atoms with Gasteiger partial charge < -0.3 is 20.2 Å². The Morgan fingerprint density at radius 3 is 2.47 bits per heavy atom. The summed E-state index contributed by atoms with van der Waals surface area (Å²) >= 11 is 0. The number of aliphatic carboxylic acids is 1. The molecule has 0 aromatic heterocycles. The summed E-state index contributed by atoms with van der Waals surface area (Å²) in [5.74, 6) is -1.13. The van der Waals surface area contributed by atoms with Crippen molar-refractivity contribution in [2.24, 2.45) is 5.41 Å². The van der Waals surface area contributed by atoms with Gasteiger partial charge in [-0.05, 0) is 20.3 Å². The van der Waals surface area contributed by atoms with Gasteiger partial charge in [0.15, 0.2) is 0 Å². The van der Waals surface area contributed by atoms with Gasteiger partial charge in [0.05, 0.1) is 5.41 Å². The van der Waals surface area contributed by atoms with E-state index in [4.69, 9.17) is 5.11 Å². The van der Waals surface area contributed by atoms with Crippen molar-refractivity contribution in [3.63, 3.8) is 0 Å². The first-order valence-corrected chi connectivity index (χ1v) is 6.32. The number of urea groups is 1. The smallest absolute Gasteiger partial charge is 0.320 e. The van der Waals surface area contributed by atoms with Crippen molar-refractivity contribution in [3.05, 3.63) is 0 Å². The third-order valence-electron chi connectivity index (χ3n) is 3.53. The van der Waals surface area contributed by atoms with Crippen LogP contribution in [0.5, 0.6) is 0 Å². The molecule has 1 rings (SSSR count). The number of nitrogens with one attached hydrogen (secondary N) is 1. The minimum atomic E-state index is -0.892. The van der Waals surface area contributed by atoms with Crippen LogP contribution in [-0.4, -0.2) is 66.0 Å². The first-order chi connectivity index (χ1) is 8.84. The number of carbonyl (C=O) groups is 3. The first-order valence-electron chi connectivity index (χ1n) is 6.32. The van der Waals surface area contributed by atoms with Crippen molar-refractivity contribution in [1.82, 2.24) is 15.1 Å².